The third-order valence-corrected chi connectivity index (χ3v) is 5.85. The number of methoxy groups -OCH3 is 3. The number of benzene rings is 2. The minimum atomic E-state index is -0.197. The van der Waals surface area contributed by atoms with E-state index >= 15 is 0 Å². The lowest BCUT2D eigenvalue weighted by atomic mass is 10.1. The van der Waals surface area contributed by atoms with E-state index in [1.54, 1.807) is 19.2 Å². The maximum atomic E-state index is 12.7. The highest BCUT2D eigenvalue weighted by molar-refractivity contribution is 5.86. The number of nitrogens with zero attached hydrogens (tertiary/aromatic N) is 1. The van der Waals surface area contributed by atoms with Crippen molar-refractivity contribution in [2.24, 2.45) is 0 Å². The molecule has 0 N–H and O–H groups in total. The van der Waals surface area contributed by atoms with Gasteiger partial charge in [-0.05, 0) is 43.7 Å². The number of hydrogen-bond donors (Lipinski definition) is 0. The van der Waals surface area contributed by atoms with Crippen molar-refractivity contribution in [3.05, 3.63) is 52.7 Å². The van der Waals surface area contributed by atoms with Crippen molar-refractivity contribution >= 4 is 16.9 Å². The van der Waals surface area contributed by atoms with Gasteiger partial charge in [-0.25, -0.2) is 0 Å². The van der Waals surface area contributed by atoms with Crippen LogP contribution < -0.4 is 19.6 Å². The first-order valence-electron chi connectivity index (χ1n) is 10.8. The molecule has 1 aliphatic heterocycles. The van der Waals surface area contributed by atoms with Gasteiger partial charge in [0.05, 0.1) is 21.3 Å². The smallest absolute Gasteiger partial charge is 0.323 e. The zero-order chi connectivity index (χ0) is 23.4. The van der Waals surface area contributed by atoms with E-state index in [-0.39, 0.29) is 17.4 Å². The molecule has 1 fully saturated rings. The molecule has 8 heteroatoms. The summed E-state index contributed by atoms with van der Waals surface area (Å²) in [5, 5.41) is 0.370. The van der Waals surface area contributed by atoms with Crippen molar-refractivity contribution in [2.75, 3.05) is 41.0 Å². The molecule has 174 valence electrons. The van der Waals surface area contributed by atoms with Crippen molar-refractivity contribution in [1.29, 1.82) is 0 Å². The van der Waals surface area contributed by atoms with Crippen LogP contribution in [0.3, 0.4) is 0 Å². The number of hydrogen-bond acceptors (Lipinski definition) is 8. The topological polar surface area (TPSA) is 87.4 Å². The minimum absolute atomic E-state index is 0.186. The second-order valence-electron chi connectivity index (χ2n) is 7.77. The van der Waals surface area contributed by atoms with Gasteiger partial charge in [0.1, 0.15) is 46.6 Å². The summed E-state index contributed by atoms with van der Waals surface area (Å²) in [7, 11) is 4.46. The zero-order valence-corrected chi connectivity index (χ0v) is 19.0. The van der Waals surface area contributed by atoms with E-state index in [0.717, 1.165) is 24.9 Å². The van der Waals surface area contributed by atoms with Crippen molar-refractivity contribution < 1.29 is 28.2 Å². The Morgan fingerprint density at radius 1 is 1.06 bits per heavy atom. The van der Waals surface area contributed by atoms with Crippen molar-refractivity contribution in [3.8, 4) is 28.6 Å². The monoisotopic (exact) mass is 453 g/mol. The fourth-order valence-electron chi connectivity index (χ4n) is 4.14. The molecule has 0 spiro atoms. The first-order chi connectivity index (χ1) is 16.0. The first-order valence-corrected chi connectivity index (χ1v) is 10.8. The molecule has 2 aromatic carbocycles. The van der Waals surface area contributed by atoms with Gasteiger partial charge in [-0.2, -0.15) is 0 Å². The Morgan fingerprint density at radius 3 is 2.55 bits per heavy atom. The second-order valence-corrected chi connectivity index (χ2v) is 7.77. The lowest BCUT2D eigenvalue weighted by Crippen LogP contribution is -2.39. The number of esters is 1. The van der Waals surface area contributed by atoms with Crippen LogP contribution in [0.1, 0.15) is 12.8 Å². The van der Waals surface area contributed by atoms with Crippen LogP contribution in [-0.2, 0) is 9.53 Å². The van der Waals surface area contributed by atoms with Crippen molar-refractivity contribution in [3.63, 3.8) is 0 Å². The molecule has 3 aromatic rings. The standard InChI is InChI=1S/C25H27NO7/c1-29-18-13-22(30-2)24-20(27)15-21(33-23(24)14-18)16-6-8-17(9-7-16)32-12-11-26-10-4-5-19(26)25(28)31-3/h6-9,13-15,19H,4-5,10-12H2,1-3H3/t19-/m0/s1. The van der Waals surface area contributed by atoms with E-state index in [9.17, 15) is 9.59 Å². The molecule has 1 atom stereocenters. The van der Waals surface area contributed by atoms with Gasteiger partial charge in [-0.3, -0.25) is 14.5 Å². The van der Waals surface area contributed by atoms with Gasteiger partial charge >= 0.3 is 5.97 Å². The van der Waals surface area contributed by atoms with Crippen LogP contribution in [0.2, 0.25) is 0 Å². The summed E-state index contributed by atoms with van der Waals surface area (Å²) in [4.78, 5) is 26.7. The maximum Gasteiger partial charge on any atom is 0.323 e. The molecule has 0 unspecified atom stereocenters. The van der Waals surface area contributed by atoms with Crippen molar-refractivity contribution in [1.82, 2.24) is 4.90 Å². The van der Waals surface area contributed by atoms with E-state index in [1.165, 1.54) is 20.3 Å². The summed E-state index contributed by atoms with van der Waals surface area (Å²) in [5.41, 5.74) is 0.935. The normalized spacial score (nSPS) is 16.0. The van der Waals surface area contributed by atoms with Crippen LogP contribution in [-0.4, -0.2) is 57.9 Å². The average Bonchev–Trinajstić information content (AvgIpc) is 3.31. The predicted octanol–water partition coefficient (Wildman–Crippen LogP) is 3.49. The highest BCUT2D eigenvalue weighted by Gasteiger charge is 2.31. The Bertz CT molecular complexity index is 1190. The quantitative estimate of drug-likeness (QED) is 0.479. The Balaban J connectivity index is 1.47. The molecule has 2 heterocycles. The third-order valence-electron chi connectivity index (χ3n) is 5.85. The van der Waals surface area contributed by atoms with Crippen LogP contribution in [0.4, 0.5) is 0 Å². The molecule has 8 nitrogen and oxygen atoms in total. The second kappa shape index (κ2) is 9.95. The van der Waals surface area contributed by atoms with Gasteiger partial charge in [-0.1, -0.05) is 0 Å². The summed E-state index contributed by atoms with van der Waals surface area (Å²) in [6, 6.07) is 11.9. The van der Waals surface area contributed by atoms with E-state index < -0.39 is 0 Å². The molecule has 0 saturated carbocycles. The third kappa shape index (κ3) is 4.80. The SMILES string of the molecule is COC(=O)[C@@H]1CCCN1CCOc1ccc(-c2cc(=O)c3c(OC)cc(OC)cc3o2)cc1. The number of ether oxygens (including phenoxy) is 4. The molecule has 0 bridgehead atoms. The molecule has 1 aliphatic rings. The highest BCUT2D eigenvalue weighted by Crippen LogP contribution is 2.32. The molecule has 33 heavy (non-hydrogen) atoms. The Labute approximate surface area is 191 Å². The summed E-state index contributed by atoms with van der Waals surface area (Å²) in [6.07, 6.45) is 1.79. The lowest BCUT2D eigenvalue weighted by Gasteiger charge is -2.22. The van der Waals surface area contributed by atoms with Crippen LogP contribution >= 0.6 is 0 Å². The molecule has 1 aromatic heterocycles. The van der Waals surface area contributed by atoms with Gasteiger partial charge in [0.15, 0.2) is 5.43 Å². The van der Waals surface area contributed by atoms with Crippen LogP contribution in [0.15, 0.2) is 51.7 Å². The van der Waals surface area contributed by atoms with Crippen LogP contribution in [0, 0.1) is 0 Å². The van der Waals surface area contributed by atoms with E-state index in [1.807, 2.05) is 24.3 Å². The molecule has 4 rings (SSSR count). The number of fused-ring (bicyclic) bond motifs is 1. The van der Waals surface area contributed by atoms with Gasteiger partial charge < -0.3 is 23.4 Å². The summed E-state index contributed by atoms with van der Waals surface area (Å²) < 4.78 is 27.3. The Hall–Kier alpha value is -3.52. The predicted molar refractivity (Wildman–Crippen MR) is 123 cm³/mol. The first kappa shape index (κ1) is 22.7. The fourth-order valence-corrected chi connectivity index (χ4v) is 4.14. The lowest BCUT2D eigenvalue weighted by molar-refractivity contribution is -0.145. The number of rotatable bonds is 8. The van der Waals surface area contributed by atoms with Gasteiger partial charge in [0, 0.05) is 30.3 Å². The number of carbonyl (C=O) groups excluding carboxylic acids is 1. The van der Waals surface area contributed by atoms with Gasteiger partial charge in [0.25, 0.3) is 0 Å². The Kier molecular flexibility index (Phi) is 6.84. The summed E-state index contributed by atoms with van der Waals surface area (Å²) >= 11 is 0. The van der Waals surface area contributed by atoms with Gasteiger partial charge in [0.2, 0.25) is 0 Å². The van der Waals surface area contributed by atoms with E-state index in [4.69, 9.17) is 23.4 Å². The zero-order valence-electron chi connectivity index (χ0n) is 19.0. The molecular weight excluding hydrogens is 426 g/mol. The molecule has 1 saturated heterocycles. The largest absolute Gasteiger partial charge is 0.496 e. The molecule has 0 amide bonds. The van der Waals surface area contributed by atoms with E-state index in [0.29, 0.717) is 47.1 Å². The van der Waals surface area contributed by atoms with Crippen LogP contribution in [0.5, 0.6) is 17.2 Å². The Morgan fingerprint density at radius 2 is 1.85 bits per heavy atom. The number of likely N-dealkylation sites (tertiary alicyclic amines) is 1. The molecular formula is C25H27NO7. The summed E-state index contributed by atoms with van der Waals surface area (Å²) in [5.74, 6) is 1.88. The summed E-state index contributed by atoms with van der Waals surface area (Å²) in [6.45, 7) is 1.96. The molecule has 0 radical (unpaired) electrons. The van der Waals surface area contributed by atoms with Crippen molar-refractivity contribution in [2.45, 2.75) is 18.9 Å². The van der Waals surface area contributed by atoms with E-state index in [2.05, 4.69) is 4.90 Å². The minimum Gasteiger partial charge on any atom is -0.496 e. The fraction of sp³-hybridized carbons (Fsp3) is 0.360. The van der Waals surface area contributed by atoms with Gasteiger partial charge in [-0.15, -0.1) is 0 Å². The maximum absolute atomic E-state index is 12.7. The number of carbonyl (C=O) groups is 1. The highest BCUT2D eigenvalue weighted by atomic mass is 16.5. The van der Waals surface area contributed by atoms with Crippen LogP contribution in [0.25, 0.3) is 22.3 Å². The molecule has 0 aliphatic carbocycles. The average molecular weight is 453 g/mol.